The highest BCUT2D eigenvalue weighted by Crippen LogP contribution is 2.36. The summed E-state index contributed by atoms with van der Waals surface area (Å²) in [4.78, 5) is 0. The van der Waals surface area contributed by atoms with E-state index in [0.717, 1.165) is 0 Å². The summed E-state index contributed by atoms with van der Waals surface area (Å²) < 4.78 is 15.7. The lowest BCUT2D eigenvalue weighted by Crippen LogP contribution is -2.31. The fourth-order valence-electron chi connectivity index (χ4n) is 1.22. The SMILES string of the molecule is COc1cccc(OCC(N)CO)c1OC. The zero-order chi connectivity index (χ0) is 12.0. The Bertz CT molecular complexity index is 330. The third-order valence-electron chi connectivity index (χ3n) is 2.05. The van der Waals surface area contributed by atoms with Crippen LogP contribution in [0.1, 0.15) is 0 Å². The molecule has 0 aliphatic rings. The van der Waals surface area contributed by atoms with E-state index < -0.39 is 6.04 Å². The summed E-state index contributed by atoms with van der Waals surface area (Å²) in [6, 6.07) is 4.92. The summed E-state index contributed by atoms with van der Waals surface area (Å²) >= 11 is 0. The van der Waals surface area contributed by atoms with Gasteiger partial charge < -0.3 is 25.1 Å². The van der Waals surface area contributed by atoms with Gasteiger partial charge in [-0.3, -0.25) is 0 Å². The molecule has 0 fully saturated rings. The molecule has 16 heavy (non-hydrogen) atoms. The van der Waals surface area contributed by atoms with Gasteiger partial charge in [0.05, 0.1) is 26.9 Å². The minimum atomic E-state index is -0.407. The average molecular weight is 227 g/mol. The summed E-state index contributed by atoms with van der Waals surface area (Å²) in [5.74, 6) is 1.67. The number of aliphatic hydroxyl groups is 1. The van der Waals surface area contributed by atoms with Crippen LogP contribution in [0.15, 0.2) is 18.2 Å². The minimum Gasteiger partial charge on any atom is -0.493 e. The summed E-state index contributed by atoms with van der Waals surface area (Å²) in [6.07, 6.45) is 0. The third-order valence-corrected chi connectivity index (χ3v) is 2.05. The quantitative estimate of drug-likeness (QED) is 0.736. The van der Waals surface area contributed by atoms with Crippen molar-refractivity contribution in [3.8, 4) is 17.2 Å². The van der Waals surface area contributed by atoms with Gasteiger partial charge in [-0.15, -0.1) is 0 Å². The molecule has 0 bridgehead atoms. The van der Waals surface area contributed by atoms with Gasteiger partial charge in [0, 0.05) is 0 Å². The van der Waals surface area contributed by atoms with E-state index in [2.05, 4.69) is 0 Å². The van der Waals surface area contributed by atoms with Gasteiger partial charge in [-0.2, -0.15) is 0 Å². The van der Waals surface area contributed by atoms with Crippen LogP contribution in [0.25, 0.3) is 0 Å². The van der Waals surface area contributed by atoms with E-state index >= 15 is 0 Å². The Balaban J connectivity index is 2.78. The van der Waals surface area contributed by atoms with Crippen molar-refractivity contribution in [3.05, 3.63) is 18.2 Å². The number of benzene rings is 1. The molecule has 1 rings (SSSR count). The number of methoxy groups -OCH3 is 2. The molecule has 1 unspecified atom stereocenters. The van der Waals surface area contributed by atoms with Gasteiger partial charge in [-0.1, -0.05) is 6.07 Å². The highest BCUT2D eigenvalue weighted by molar-refractivity contribution is 5.51. The molecule has 0 aliphatic carbocycles. The predicted octanol–water partition coefficient (Wildman–Crippen LogP) is 0.402. The van der Waals surface area contributed by atoms with Gasteiger partial charge >= 0.3 is 0 Å². The normalized spacial score (nSPS) is 12.0. The van der Waals surface area contributed by atoms with Gasteiger partial charge in [0.15, 0.2) is 11.5 Å². The number of ether oxygens (including phenoxy) is 3. The number of hydrogen-bond acceptors (Lipinski definition) is 5. The molecule has 0 saturated heterocycles. The molecule has 1 aromatic carbocycles. The van der Waals surface area contributed by atoms with Gasteiger partial charge in [0.25, 0.3) is 0 Å². The van der Waals surface area contributed by atoms with Crippen LogP contribution < -0.4 is 19.9 Å². The molecular formula is C11H17NO4. The maximum atomic E-state index is 8.78. The topological polar surface area (TPSA) is 73.9 Å². The van der Waals surface area contributed by atoms with Crippen LogP contribution in [0.3, 0.4) is 0 Å². The second kappa shape index (κ2) is 6.19. The Morgan fingerprint density at radius 1 is 1.25 bits per heavy atom. The van der Waals surface area contributed by atoms with Crippen molar-refractivity contribution in [1.82, 2.24) is 0 Å². The van der Waals surface area contributed by atoms with Crippen molar-refractivity contribution >= 4 is 0 Å². The first-order valence-electron chi connectivity index (χ1n) is 4.93. The maximum Gasteiger partial charge on any atom is 0.203 e. The third kappa shape index (κ3) is 3.01. The summed E-state index contributed by atoms with van der Waals surface area (Å²) in [7, 11) is 3.10. The Labute approximate surface area is 94.7 Å². The van der Waals surface area contributed by atoms with Crippen LogP contribution in [-0.4, -0.2) is 38.6 Å². The van der Waals surface area contributed by atoms with Crippen molar-refractivity contribution in [2.75, 3.05) is 27.4 Å². The van der Waals surface area contributed by atoms with E-state index in [9.17, 15) is 0 Å². The molecule has 0 heterocycles. The van der Waals surface area contributed by atoms with Gasteiger partial charge in [0.2, 0.25) is 5.75 Å². The minimum absolute atomic E-state index is 0.119. The second-order valence-corrected chi connectivity index (χ2v) is 3.25. The summed E-state index contributed by atoms with van der Waals surface area (Å²) in [5, 5.41) is 8.78. The Morgan fingerprint density at radius 2 is 1.94 bits per heavy atom. The molecule has 0 saturated carbocycles. The first-order valence-corrected chi connectivity index (χ1v) is 4.93. The fourth-order valence-corrected chi connectivity index (χ4v) is 1.22. The van der Waals surface area contributed by atoms with Crippen molar-refractivity contribution in [2.45, 2.75) is 6.04 Å². The lowest BCUT2D eigenvalue weighted by molar-refractivity contribution is 0.201. The molecule has 5 heteroatoms. The van der Waals surface area contributed by atoms with E-state index in [1.54, 1.807) is 25.3 Å². The maximum absolute atomic E-state index is 8.78. The van der Waals surface area contributed by atoms with Crippen molar-refractivity contribution in [1.29, 1.82) is 0 Å². The smallest absolute Gasteiger partial charge is 0.203 e. The zero-order valence-corrected chi connectivity index (χ0v) is 9.47. The first kappa shape index (κ1) is 12.6. The number of nitrogens with two attached hydrogens (primary N) is 1. The Hall–Kier alpha value is -1.46. The first-order chi connectivity index (χ1) is 7.72. The van der Waals surface area contributed by atoms with Gasteiger partial charge in [-0.05, 0) is 12.1 Å². The lowest BCUT2D eigenvalue weighted by atomic mass is 10.3. The van der Waals surface area contributed by atoms with Crippen molar-refractivity contribution in [3.63, 3.8) is 0 Å². The second-order valence-electron chi connectivity index (χ2n) is 3.25. The monoisotopic (exact) mass is 227 g/mol. The van der Waals surface area contributed by atoms with Crippen LogP contribution >= 0.6 is 0 Å². The Kier molecular flexibility index (Phi) is 4.88. The molecular weight excluding hydrogens is 210 g/mol. The van der Waals surface area contributed by atoms with E-state index in [1.165, 1.54) is 7.11 Å². The fraction of sp³-hybridized carbons (Fsp3) is 0.455. The van der Waals surface area contributed by atoms with Crippen LogP contribution in [-0.2, 0) is 0 Å². The van der Waals surface area contributed by atoms with Gasteiger partial charge in [-0.25, -0.2) is 0 Å². The average Bonchev–Trinajstić information content (AvgIpc) is 2.34. The molecule has 5 nitrogen and oxygen atoms in total. The predicted molar refractivity (Wildman–Crippen MR) is 60.1 cm³/mol. The highest BCUT2D eigenvalue weighted by atomic mass is 16.5. The van der Waals surface area contributed by atoms with Crippen LogP contribution in [0, 0.1) is 0 Å². The highest BCUT2D eigenvalue weighted by Gasteiger charge is 2.11. The van der Waals surface area contributed by atoms with Crippen molar-refractivity contribution < 1.29 is 19.3 Å². The van der Waals surface area contributed by atoms with E-state index in [-0.39, 0.29) is 13.2 Å². The molecule has 0 aromatic heterocycles. The van der Waals surface area contributed by atoms with Crippen molar-refractivity contribution in [2.24, 2.45) is 5.73 Å². The van der Waals surface area contributed by atoms with E-state index in [0.29, 0.717) is 17.2 Å². The van der Waals surface area contributed by atoms with Crippen LogP contribution in [0.5, 0.6) is 17.2 Å². The van der Waals surface area contributed by atoms with Gasteiger partial charge in [0.1, 0.15) is 6.61 Å². The van der Waals surface area contributed by atoms with Crippen LogP contribution in [0.2, 0.25) is 0 Å². The molecule has 1 atom stereocenters. The molecule has 3 N–H and O–H groups in total. The number of hydrogen-bond donors (Lipinski definition) is 2. The zero-order valence-electron chi connectivity index (χ0n) is 9.47. The largest absolute Gasteiger partial charge is 0.493 e. The molecule has 90 valence electrons. The van der Waals surface area contributed by atoms with Crippen LogP contribution in [0.4, 0.5) is 0 Å². The van der Waals surface area contributed by atoms with E-state index in [4.69, 9.17) is 25.1 Å². The number of aliphatic hydroxyl groups excluding tert-OH is 1. The summed E-state index contributed by atoms with van der Waals surface area (Å²) in [5.41, 5.74) is 5.54. The molecule has 0 aliphatic heterocycles. The number of rotatable bonds is 6. The standard InChI is InChI=1S/C11H17NO4/c1-14-9-4-3-5-10(11(9)15-2)16-7-8(12)6-13/h3-5,8,13H,6-7,12H2,1-2H3. The Morgan fingerprint density at radius 3 is 2.50 bits per heavy atom. The summed E-state index contributed by atoms with van der Waals surface area (Å²) in [6.45, 7) is 0.103. The number of para-hydroxylation sites is 1. The molecule has 0 amide bonds. The molecule has 0 spiro atoms. The van der Waals surface area contributed by atoms with E-state index in [1.807, 2.05) is 0 Å². The molecule has 1 aromatic rings. The molecule has 0 radical (unpaired) electrons. The lowest BCUT2D eigenvalue weighted by Gasteiger charge is -2.15.